The average Bonchev–Trinajstić information content (AvgIpc) is 3.44. The Morgan fingerprint density at radius 1 is 0.879 bits per heavy atom. The molecule has 0 aliphatic heterocycles. The number of hydrogen-bond donors (Lipinski definition) is 2. The molecule has 2 aromatic heterocycles. The number of aromatic nitrogens is 4. The Morgan fingerprint density at radius 3 is 2.06 bits per heavy atom. The molecule has 0 aliphatic carbocycles. The van der Waals surface area contributed by atoms with E-state index in [2.05, 4.69) is 20.8 Å². The molecule has 0 aliphatic rings. The molecule has 2 N–H and O–H groups in total. The van der Waals surface area contributed by atoms with Crippen molar-refractivity contribution in [3.05, 3.63) is 88.4 Å². The molecule has 0 spiro atoms. The first-order valence-electron chi connectivity index (χ1n) is 9.71. The van der Waals surface area contributed by atoms with Crippen LogP contribution in [0.3, 0.4) is 0 Å². The molecule has 0 radical (unpaired) electrons. The van der Waals surface area contributed by atoms with Crippen LogP contribution in [-0.2, 0) is 13.8 Å². The number of amides is 2. The SMILES string of the molecule is Cn1ccc(C(=O)Nc2ccc(NC(=O)c3ccn(COc4ccc(Cl)cc4Cl)n3)cc2)n1. The summed E-state index contributed by atoms with van der Waals surface area (Å²) in [6.07, 6.45) is 3.31. The lowest BCUT2D eigenvalue weighted by molar-refractivity contribution is 0.101. The van der Waals surface area contributed by atoms with Crippen molar-refractivity contribution in [2.75, 3.05) is 10.6 Å². The Morgan fingerprint density at radius 2 is 1.48 bits per heavy atom. The molecule has 168 valence electrons. The summed E-state index contributed by atoms with van der Waals surface area (Å²) in [5.41, 5.74) is 1.65. The lowest BCUT2D eigenvalue weighted by Crippen LogP contribution is -2.15. The van der Waals surface area contributed by atoms with Crippen LogP contribution in [0.1, 0.15) is 21.0 Å². The fourth-order valence-electron chi connectivity index (χ4n) is 2.85. The van der Waals surface area contributed by atoms with Gasteiger partial charge in [0, 0.05) is 35.8 Å². The van der Waals surface area contributed by atoms with Crippen molar-refractivity contribution < 1.29 is 14.3 Å². The largest absolute Gasteiger partial charge is 0.470 e. The minimum absolute atomic E-state index is 0.0687. The third-order valence-corrected chi connectivity index (χ3v) is 5.00. The molecule has 9 nitrogen and oxygen atoms in total. The van der Waals surface area contributed by atoms with Crippen molar-refractivity contribution >= 4 is 46.4 Å². The topological polar surface area (TPSA) is 103 Å². The first-order chi connectivity index (χ1) is 15.9. The highest BCUT2D eigenvalue weighted by molar-refractivity contribution is 6.35. The van der Waals surface area contributed by atoms with E-state index in [1.54, 1.807) is 78.7 Å². The highest BCUT2D eigenvalue weighted by Gasteiger charge is 2.12. The van der Waals surface area contributed by atoms with Crippen molar-refractivity contribution in [1.82, 2.24) is 19.6 Å². The van der Waals surface area contributed by atoms with E-state index in [-0.39, 0.29) is 24.2 Å². The summed E-state index contributed by atoms with van der Waals surface area (Å²) in [6, 6.07) is 14.8. The smallest absolute Gasteiger partial charge is 0.276 e. The van der Waals surface area contributed by atoms with Crippen LogP contribution in [-0.4, -0.2) is 31.4 Å². The molecule has 33 heavy (non-hydrogen) atoms. The summed E-state index contributed by atoms with van der Waals surface area (Å²) < 4.78 is 8.62. The van der Waals surface area contributed by atoms with Gasteiger partial charge >= 0.3 is 0 Å². The molecule has 0 saturated heterocycles. The van der Waals surface area contributed by atoms with Crippen molar-refractivity contribution in [1.29, 1.82) is 0 Å². The van der Waals surface area contributed by atoms with Crippen LogP contribution in [0.15, 0.2) is 67.0 Å². The fraction of sp³-hybridized carbons (Fsp3) is 0.0909. The average molecular weight is 485 g/mol. The van der Waals surface area contributed by atoms with Gasteiger partial charge in [0.25, 0.3) is 11.8 Å². The first-order valence-corrected chi connectivity index (χ1v) is 10.5. The number of hydrogen-bond acceptors (Lipinski definition) is 5. The summed E-state index contributed by atoms with van der Waals surface area (Å²) in [4.78, 5) is 24.7. The lowest BCUT2D eigenvalue weighted by atomic mass is 10.2. The second-order valence-electron chi connectivity index (χ2n) is 6.95. The predicted molar refractivity (Wildman–Crippen MR) is 125 cm³/mol. The number of halogens is 2. The Bertz CT molecular complexity index is 1300. The second-order valence-corrected chi connectivity index (χ2v) is 7.79. The van der Waals surface area contributed by atoms with Crippen LogP contribution in [0.25, 0.3) is 0 Å². The molecule has 0 unspecified atom stereocenters. The summed E-state index contributed by atoms with van der Waals surface area (Å²) in [5, 5.41) is 14.7. The van der Waals surface area contributed by atoms with Gasteiger partial charge in [-0.25, -0.2) is 4.68 Å². The van der Waals surface area contributed by atoms with Gasteiger partial charge in [-0.3, -0.25) is 14.3 Å². The van der Waals surface area contributed by atoms with E-state index < -0.39 is 0 Å². The molecule has 0 atom stereocenters. The van der Waals surface area contributed by atoms with Gasteiger partial charge in [-0.1, -0.05) is 23.2 Å². The monoisotopic (exact) mass is 484 g/mol. The molecule has 2 amide bonds. The Hall–Kier alpha value is -3.82. The zero-order chi connectivity index (χ0) is 23.4. The minimum atomic E-state index is -0.386. The number of nitrogens with zero attached hydrogens (tertiary/aromatic N) is 4. The number of aryl methyl sites for hydroxylation is 1. The highest BCUT2D eigenvalue weighted by atomic mass is 35.5. The molecule has 2 heterocycles. The van der Waals surface area contributed by atoms with Crippen LogP contribution in [0, 0.1) is 0 Å². The Labute approximate surface area is 198 Å². The second kappa shape index (κ2) is 9.76. The number of benzene rings is 2. The number of anilines is 2. The number of carbonyl (C=O) groups is 2. The number of rotatable bonds is 7. The summed E-state index contributed by atoms with van der Waals surface area (Å²) in [7, 11) is 1.74. The number of nitrogens with one attached hydrogen (secondary N) is 2. The van der Waals surface area contributed by atoms with E-state index in [0.29, 0.717) is 32.9 Å². The van der Waals surface area contributed by atoms with Gasteiger partial charge in [-0.2, -0.15) is 10.2 Å². The van der Waals surface area contributed by atoms with E-state index >= 15 is 0 Å². The first kappa shape index (κ1) is 22.4. The van der Waals surface area contributed by atoms with Gasteiger partial charge in [0.2, 0.25) is 0 Å². The third-order valence-electron chi connectivity index (χ3n) is 4.47. The van der Waals surface area contributed by atoms with Crippen molar-refractivity contribution in [2.24, 2.45) is 7.05 Å². The van der Waals surface area contributed by atoms with Crippen molar-refractivity contribution in [2.45, 2.75) is 6.73 Å². The lowest BCUT2D eigenvalue weighted by Gasteiger charge is -2.08. The van der Waals surface area contributed by atoms with Crippen LogP contribution in [0.4, 0.5) is 11.4 Å². The minimum Gasteiger partial charge on any atom is -0.470 e. The molecule has 11 heteroatoms. The maximum Gasteiger partial charge on any atom is 0.276 e. The van der Waals surface area contributed by atoms with Gasteiger partial charge in [0.05, 0.1) is 5.02 Å². The summed E-state index contributed by atoms with van der Waals surface area (Å²) >= 11 is 12.0. The van der Waals surface area contributed by atoms with E-state index in [9.17, 15) is 9.59 Å². The quantitative estimate of drug-likeness (QED) is 0.402. The zero-order valence-corrected chi connectivity index (χ0v) is 18.8. The van der Waals surface area contributed by atoms with Crippen LogP contribution >= 0.6 is 23.2 Å². The van der Waals surface area contributed by atoms with Gasteiger partial charge in [-0.05, 0) is 54.6 Å². The van der Waals surface area contributed by atoms with Crippen molar-refractivity contribution in [3.8, 4) is 5.75 Å². The Balaban J connectivity index is 1.32. The van der Waals surface area contributed by atoms with Crippen LogP contribution < -0.4 is 15.4 Å². The molecule has 0 fully saturated rings. The molecule has 0 bridgehead atoms. The summed E-state index contributed by atoms with van der Waals surface area (Å²) in [6.45, 7) is 0.0687. The van der Waals surface area contributed by atoms with Gasteiger partial charge in [0.15, 0.2) is 18.1 Å². The van der Waals surface area contributed by atoms with Crippen LogP contribution in [0.5, 0.6) is 5.75 Å². The molecular weight excluding hydrogens is 467 g/mol. The van der Waals surface area contributed by atoms with E-state index in [1.807, 2.05) is 0 Å². The molecule has 4 rings (SSSR count). The predicted octanol–water partition coefficient (Wildman–Crippen LogP) is 4.46. The highest BCUT2D eigenvalue weighted by Crippen LogP contribution is 2.27. The normalized spacial score (nSPS) is 10.6. The van der Waals surface area contributed by atoms with Crippen molar-refractivity contribution in [3.63, 3.8) is 0 Å². The van der Waals surface area contributed by atoms with E-state index in [4.69, 9.17) is 27.9 Å². The molecule has 2 aromatic carbocycles. The van der Waals surface area contributed by atoms with Gasteiger partial charge < -0.3 is 15.4 Å². The van der Waals surface area contributed by atoms with E-state index in [0.717, 1.165) is 0 Å². The standard InChI is InChI=1S/C22H18Cl2N6O3/c1-29-10-8-18(27-29)21(31)25-15-3-5-16(6-4-15)26-22(32)19-9-11-30(28-19)13-33-20-7-2-14(23)12-17(20)24/h2-12H,13H2,1H3,(H,25,31)(H,26,32). The molecule has 0 saturated carbocycles. The molecular formula is C22H18Cl2N6O3. The number of ether oxygens (including phenoxy) is 1. The molecule has 4 aromatic rings. The van der Waals surface area contributed by atoms with Crippen LogP contribution in [0.2, 0.25) is 10.0 Å². The third kappa shape index (κ3) is 5.71. The van der Waals surface area contributed by atoms with E-state index in [1.165, 1.54) is 4.68 Å². The zero-order valence-electron chi connectivity index (χ0n) is 17.3. The number of carbonyl (C=O) groups excluding carboxylic acids is 2. The maximum absolute atomic E-state index is 12.5. The fourth-order valence-corrected chi connectivity index (χ4v) is 3.31. The Kier molecular flexibility index (Phi) is 6.62. The van der Waals surface area contributed by atoms with Gasteiger partial charge in [-0.15, -0.1) is 0 Å². The van der Waals surface area contributed by atoms with Gasteiger partial charge in [0.1, 0.15) is 5.75 Å². The summed E-state index contributed by atoms with van der Waals surface area (Å²) in [5.74, 6) is -0.249. The maximum atomic E-state index is 12.5.